The molecule has 1 saturated heterocycles. The topological polar surface area (TPSA) is 35.5 Å². The maximum atomic E-state index is 11.9. The molecule has 110 valence electrons. The van der Waals surface area contributed by atoms with Gasteiger partial charge in [-0.3, -0.25) is 4.79 Å². The molecule has 3 heteroatoms. The van der Waals surface area contributed by atoms with E-state index in [2.05, 4.69) is 34.6 Å². The minimum absolute atomic E-state index is 0.0130. The molecule has 0 aromatic heterocycles. The van der Waals surface area contributed by atoms with E-state index in [4.69, 9.17) is 9.47 Å². The highest BCUT2D eigenvalue weighted by Crippen LogP contribution is 2.53. The van der Waals surface area contributed by atoms with Gasteiger partial charge in [0.2, 0.25) is 0 Å². The molecule has 1 aliphatic carbocycles. The van der Waals surface area contributed by atoms with Crippen LogP contribution in [0.1, 0.15) is 60.3 Å². The third kappa shape index (κ3) is 3.13. The van der Waals surface area contributed by atoms with Gasteiger partial charge in [-0.25, -0.2) is 0 Å². The van der Waals surface area contributed by atoms with Gasteiger partial charge in [0.15, 0.2) is 0 Å². The molecule has 0 spiro atoms. The number of carbonyl (C=O) groups is 1. The molecular formula is C16H28O3. The Morgan fingerprint density at radius 3 is 2.68 bits per heavy atom. The molecule has 1 saturated carbocycles. The van der Waals surface area contributed by atoms with Crippen LogP contribution < -0.4 is 0 Å². The second-order valence-corrected chi connectivity index (χ2v) is 7.89. The molecule has 1 heterocycles. The molecular weight excluding hydrogens is 240 g/mol. The van der Waals surface area contributed by atoms with Crippen LogP contribution in [0, 0.1) is 16.7 Å². The summed E-state index contributed by atoms with van der Waals surface area (Å²) >= 11 is 0. The van der Waals surface area contributed by atoms with E-state index in [1.54, 1.807) is 0 Å². The van der Waals surface area contributed by atoms with Crippen molar-refractivity contribution in [3.8, 4) is 0 Å². The van der Waals surface area contributed by atoms with Gasteiger partial charge in [0.25, 0.3) is 0 Å². The van der Waals surface area contributed by atoms with Crippen LogP contribution in [0.3, 0.4) is 0 Å². The van der Waals surface area contributed by atoms with Crippen molar-refractivity contribution in [2.75, 3.05) is 6.61 Å². The second-order valence-electron chi connectivity index (χ2n) is 7.89. The number of hydrogen-bond donors (Lipinski definition) is 0. The third-order valence-electron chi connectivity index (χ3n) is 4.56. The van der Waals surface area contributed by atoms with Crippen molar-refractivity contribution in [3.05, 3.63) is 0 Å². The molecule has 1 aliphatic heterocycles. The first-order valence-corrected chi connectivity index (χ1v) is 7.53. The fraction of sp³-hybridized carbons (Fsp3) is 0.938. The minimum atomic E-state index is -0.0346. The van der Waals surface area contributed by atoms with Crippen molar-refractivity contribution >= 4 is 5.97 Å². The van der Waals surface area contributed by atoms with Crippen molar-refractivity contribution in [2.45, 2.75) is 72.5 Å². The van der Waals surface area contributed by atoms with Crippen molar-refractivity contribution in [2.24, 2.45) is 16.7 Å². The first-order chi connectivity index (χ1) is 8.72. The molecule has 0 N–H and O–H groups in total. The quantitative estimate of drug-likeness (QED) is 0.731. The molecule has 2 fully saturated rings. The normalized spacial score (nSPS) is 32.6. The molecule has 0 amide bonds. The van der Waals surface area contributed by atoms with E-state index in [1.165, 1.54) is 0 Å². The van der Waals surface area contributed by atoms with Gasteiger partial charge >= 0.3 is 5.97 Å². The third-order valence-corrected chi connectivity index (χ3v) is 4.56. The molecule has 0 aromatic rings. The van der Waals surface area contributed by atoms with Crippen LogP contribution in [0.2, 0.25) is 0 Å². The highest BCUT2D eigenvalue weighted by atomic mass is 16.6. The summed E-state index contributed by atoms with van der Waals surface area (Å²) in [6.07, 6.45) is 3.91. The number of fused-ring (bicyclic) bond motifs is 1. The van der Waals surface area contributed by atoms with Gasteiger partial charge in [-0.15, -0.1) is 0 Å². The number of carbonyl (C=O) groups excluding carboxylic acids is 1. The monoisotopic (exact) mass is 268 g/mol. The van der Waals surface area contributed by atoms with Gasteiger partial charge in [-0.05, 0) is 24.7 Å². The molecule has 0 radical (unpaired) electrons. The predicted molar refractivity (Wildman–Crippen MR) is 74.8 cm³/mol. The first kappa shape index (κ1) is 14.8. The Labute approximate surface area is 117 Å². The van der Waals surface area contributed by atoms with Crippen LogP contribution in [0.5, 0.6) is 0 Å². The summed E-state index contributed by atoms with van der Waals surface area (Å²) in [5.74, 6) is 0.397. The van der Waals surface area contributed by atoms with Gasteiger partial charge in [0.1, 0.15) is 6.10 Å². The van der Waals surface area contributed by atoms with Crippen molar-refractivity contribution in [1.29, 1.82) is 0 Å². The van der Waals surface area contributed by atoms with Crippen LogP contribution in [-0.4, -0.2) is 24.8 Å². The fourth-order valence-electron chi connectivity index (χ4n) is 3.48. The lowest BCUT2D eigenvalue weighted by atomic mass is 9.59. The molecule has 0 unspecified atom stereocenters. The highest BCUT2D eigenvalue weighted by molar-refractivity contribution is 5.69. The van der Waals surface area contributed by atoms with E-state index in [9.17, 15) is 4.79 Å². The van der Waals surface area contributed by atoms with Crippen molar-refractivity contribution in [3.63, 3.8) is 0 Å². The Hall–Kier alpha value is -0.570. The summed E-state index contributed by atoms with van der Waals surface area (Å²) in [5.41, 5.74) is 0.279. The molecule has 0 aromatic carbocycles. The SMILES string of the molecule is CC(C)(C)CCCC(=O)O[C@@H]1[C@H]2CCO[C@H]2C1(C)C. The van der Waals surface area contributed by atoms with Gasteiger partial charge in [0.05, 0.1) is 6.10 Å². The Balaban J connectivity index is 1.77. The van der Waals surface area contributed by atoms with Crippen molar-refractivity contribution < 1.29 is 14.3 Å². The lowest BCUT2D eigenvalue weighted by Gasteiger charge is -2.53. The summed E-state index contributed by atoms with van der Waals surface area (Å²) in [7, 11) is 0. The Morgan fingerprint density at radius 2 is 2.05 bits per heavy atom. The van der Waals surface area contributed by atoms with Crippen LogP contribution in [-0.2, 0) is 14.3 Å². The maximum Gasteiger partial charge on any atom is 0.306 e. The lowest BCUT2D eigenvalue weighted by Crippen LogP contribution is -2.61. The summed E-state index contributed by atoms with van der Waals surface area (Å²) in [6.45, 7) is 11.7. The van der Waals surface area contributed by atoms with Gasteiger partial charge in [-0.1, -0.05) is 34.6 Å². The zero-order valence-electron chi connectivity index (χ0n) is 13.0. The zero-order chi connectivity index (χ0) is 14.3. The Bertz CT molecular complexity index is 340. The fourth-order valence-corrected chi connectivity index (χ4v) is 3.48. The average molecular weight is 268 g/mol. The van der Waals surface area contributed by atoms with E-state index in [0.717, 1.165) is 25.9 Å². The zero-order valence-corrected chi connectivity index (χ0v) is 13.0. The predicted octanol–water partition coefficient (Wildman–Crippen LogP) is 3.56. The van der Waals surface area contributed by atoms with Crippen molar-refractivity contribution in [1.82, 2.24) is 0 Å². The minimum Gasteiger partial charge on any atom is -0.461 e. The Morgan fingerprint density at radius 1 is 1.37 bits per heavy atom. The van der Waals surface area contributed by atoms with Gasteiger partial charge in [0, 0.05) is 24.4 Å². The summed E-state index contributed by atoms with van der Waals surface area (Å²) in [6, 6.07) is 0. The lowest BCUT2D eigenvalue weighted by molar-refractivity contribution is -0.210. The van der Waals surface area contributed by atoms with E-state index < -0.39 is 0 Å². The molecule has 19 heavy (non-hydrogen) atoms. The molecule has 3 atom stereocenters. The molecule has 2 rings (SSSR count). The molecule has 0 bridgehead atoms. The number of hydrogen-bond acceptors (Lipinski definition) is 3. The number of ether oxygens (including phenoxy) is 2. The van der Waals surface area contributed by atoms with E-state index in [1.807, 2.05) is 0 Å². The van der Waals surface area contributed by atoms with Crippen LogP contribution in [0.4, 0.5) is 0 Å². The largest absolute Gasteiger partial charge is 0.461 e. The summed E-state index contributed by atoms with van der Waals surface area (Å²) in [5, 5.41) is 0. The van der Waals surface area contributed by atoms with E-state index >= 15 is 0 Å². The van der Waals surface area contributed by atoms with Crippen LogP contribution in [0.15, 0.2) is 0 Å². The van der Waals surface area contributed by atoms with Crippen LogP contribution >= 0.6 is 0 Å². The van der Waals surface area contributed by atoms with E-state index in [-0.39, 0.29) is 17.5 Å². The van der Waals surface area contributed by atoms with E-state index in [0.29, 0.717) is 23.9 Å². The maximum absolute atomic E-state index is 11.9. The molecule has 3 nitrogen and oxygen atoms in total. The number of rotatable bonds is 4. The summed E-state index contributed by atoms with van der Waals surface area (Å²) in [4.78, 5) is 11.9. The highest BCUT2D eigenvalue weighted by Gasteiger charge is 2.61. The average Bonchev–Trinajstić information content (AvgIpc) is 2.70. The first-order valence-electron chi connectivity index (χ1n) is 7.53. The second kappa shape index (κ2) is 5.08. The smallest absolute Gasteiger partial charge is 0.306 e. The van der Waals surface area contributed by atoms with Gasteiger partial charge < -0.3 is 9.47 Å². The molecule has 2 aliphatic rings. The van der Waals surface area contributed by atoms with Gasteiger partial charge in [-0.2, -0.15) is 0 Å². The standard InChI is InChI=1S/C16H28O3/c1-15(2,3)9-6-7-12(17)19-14-11-8-10-18-13(11)16(14,4)5/h11,13-14H,6-10H2,1-5H3/t11-,13+,14+/m0/s1. The van der Waals surface area contributed by atoms with Crippen LogP contribution in [0.25, 0.3) is 0 Å². The number of esters is 1. The summed E-state index contributed by atoms with van der Waals surface area (Å²) < 4.78 is 11.4. The Kier molecular flexibility index (Phi) is 3.97.